The Morgan fingerprint density at radius 3 is 2.88 bits per heavy atom. The van der Waals surface area contributed by atoms with Crippen LogP contribution < -0.4 is 0 Å². The highest BCUT2D eigenvalue weighted by Gasteiger charge is 2.58. The van der Waals surface area contributed by atoms with Crippen LogP contribution in [0.2, 0.25) is 0 Å². The van der Waals surface area contributed by atoms with Gasteiger partial charge in [-0.3, -0.25) is 4.79 Å². The van der Waals surface area contributed by atoms with Crippen molar-refractivity contribution >= 4 is 5.78 Å². The van der Waals surface area contributed by atoms with E-state index in [9.17, 15) is 9.90 Å². The van der Waals surface area contributed by atoms with Gasteiger partial charge in [-0.05, 0) is 43.9 Å². The van der Waals surface area contributed by atoms with Crippen LogP contribution in [0.25, 0.3) is 0 Å². The number of fused-ring (bicyclic) bond motifs is 2. The van der Waals surface area contributed by atoms with E-state index in [4.69, 9.17) is 4.74 Å². The fourth-order valence-corrected chi connectivity index (χ4v) is 3.97. The molecule has 0 spiro atoms. The summed E-state index contributed by atoms with van der Waals surface area (Å²) in [6.45, 7) is 4.49. The van der Waals surface area contributed by atoms with Crippen LogP contribution in [-0.2, 0) is 9.53 Å². The van der Waals surface area contributed by atoms with Gasteiger partial charge in [0, 0.05) is 18.9 Å². The van der Waals surface area contributed by atoms with E-state index in [2.05, 4.69) is 13.8 Å². The van der Waals surface area contributed by atoms with Crippen molar-refractivity contribution in [3.63, 3.8) is 0 Å². The summed E-state index contributed by atoms with van der Waals surface area (Å²) in [7, 11) is 0. The Bertz CT molecular complexity index is 353. The Morgan fingerprint density at radius 2 is 2.18 bits per heavy atom. The largest absolute Gasteiger partial charge is 0.396 e. The van der Waals surface area contributed by atoms with Gasteiger partial charge in [-0.2, -0.15) is 0 Å². The second kappa shape index (κ2) is 3.55. The highest BCUT2D eigenvalue weighted by Crippen LogP contribution is 2.57. The molecule has 1 N–H and O–H groups in total. The van der Waals surface area contributed by atoms with Gasteiger partial charge in [0.15, 0.2) is 0 Å². The van der Waals surface area contributed by atoms with Crippen LogP contribution in [0.1, 0.15) is 46.0 Å². The zero-order chi connectivity index (χ0) is 12.3. The third kappa shape index (κ3) is 1.66. The molecule has 17 heavy (non-hydrogen) atoms. The minimum atomic E-state index is -0.0224. The standard InChI is InChI=1S/C14H22O3/c1-13(8-15)7-9-10(13)5-6-14(2)12(17-14)4-3-11(9)16/h9-10,12,15H,3-8H2,1-2H3/t9-,10+,12-,13-,14+/m0/s1. The molecule has 5 atom stereocenters. The number of carbonyl (C=O) groups is 1. The molecule has 0 unspecified atom stereocenters. The summed E-state index contributed by atoms with van der Waals surface area (Å²) in [5.41, 5.74) is 0.00649. The number of carbonyl (C=O) groups excluding carboxylic acids is 1. The molecule has 96 valence electrons. The number of Topliss-reactive ketones (excluding diaryl/α,β-unsaturated/α-hetero) is 1. The number of hydrogen-bond donors (Lipinski definition) is 1. The van der Waals surface area contributed by atoms with Crippen molar-refractivity contribution in [2.45, 2.75) is 57.7 Å². The van der Waals surface area contributed by atoms with Crippen LogP contribution in [0.4, 0.5) is 0 Å². The molecule has 3 heteroatoms. The van der Waals surface area contributed by atoms with E-state index >= 15 is 0 Å². The van der Waals surface area contributed by atoms with Gasteiger partial charge in [0.25, 0.3) is 0 Å². The van der Waals surface area contributed by atoms with Crippen LogP contribution in [0.5, 0.6) is 0 Å². The Kier molecular flexibility index (Phi) is 2.43. The highest BCUT2D eigenvalue weighted by molar-refractivity contribution is 5.82. The van der Waals surface area contributed by atoms with Crippen LogP contribution in [0.15, 0.2) is 0 Å². The topological polar surface area (TPSA) is 49.8 Å². The van der Waals surface area contributed by atoms with Crippen molar-refractivity contribution in [3.05, 3.63) is 0 Å². The molecule has 0 aromatic carbocycles. The lowest BCUT2D eigenvalue weighted by molar-refractivity contribution is -0.143. The number of ether oxygens (including phenoxy) is 1. The van der Waals surface area contributed by atoms with Crippen LogP contribution >= 0.6 is 0 Å². The quantitative estimate of drug-likeness (QED) is 0.710. The van der Waals surface area contributed by atoms with Crippen LogP contribution in [0.3, 0.4) is 0 Å². The summed E-state index contributed by atoms with van der Waals surface area (Å²) in [6, 6.07) is 0. The summed E-state index contributed by atoms with van der Waals surface area (Å²) in [5, 5.41) is 9.50. The Balaban J connectivity index is 1.77. The molecule has 2 saturated carbocycles. The maximum absolute atomic E-state index is 12.1. The monoisotopic (exact) mass is 238 g/mol. The third-order valence-electron chi connectivity index (χ3n) is 5.48. The molecule has 2 aliphatic carbocycles. The highest BCUT2D eigenvalue weighted by atomic mass is 16.6. The molecule has 1 saturated heterocycles. The van der Waals surface area contributed by atoms with Crippen molar-refractivity contribution in [2.24, 2.45) is 17.3 Å². The lowest BCUT2D eigenvalue weighted by Gasteiger charge is -2.52. The molecule has 3 aliphatic rings. The van der Waals surface area contributed by atoms with Gasteiger partial charge in [-0.15, -0.1) is 0 Å². The second-order valence-corrected chi connectivity index (χ2v) is 6.69. The molecule has 3 nitrogen and oxygen atoms in total. The molecule has 3 fully saturated rings. The molecule has 0 amide bonds. The molecular weight excluding hydrogens is 216 g/mol. The normalized spacial score (nSPS) is 53.6. The molecule has 0 bridgehead atoms. The molecule has 0 aromatic rings. The first-order chi connectivity index (χ1) is 7.98. The van der Waals surface area contributed by atoms with Gasteiger partial charge in [-0.25, -0.2) is 0 Å². The molecule has 0 radical (unpaired) electrons. The summed E-state index contributed by atoms with van der Waals surface area (Å²) < 4.78 is 5.72. The zero-order valence-electron chi connectivity index (χ0n) is 10.7. The SMILES string of the molecule is C[C@@]1(CO)C[C@@H]2C(=O)CC[C@@H]3O[C@]3(C)CC[C@H]21. The molecule has 0 aromatic heterocycles. The number of aliphatic hydroxyl groups excluding tert-OH is 1. The predicted octanol–water partition coefficient (Wildman–Crippen LogP) is 1.92. The van der Waals surface area contributed by atoms with E-state index < -0.39 is 0 Å². The van der Waals surface area contributed by atoms with Crippen LogP contribution in [-0.4, -0.2) is 29.2 Å². The van der Waals surface area contributed by atoms with Gasteiger partial charge < -0.3 is 9.84 Å². The van der Waals surface area contributed by atoms with E-state index in [1.165, 1.54) is 0 Å². The summed E-state index contributed by atoms with van der Waals surface area (Å²) >= 11 is 0. The fraction of sp³-hybridized carbons (Fsp3) is 0.929. The maximum atomic E-state index is 12.1. The van der Waals surface area contributed by atoms with Gasteiger partial charge >= 0.3 is 0 Å². The smallest absolute Gasteiger partial charge is 0.136 e. The van der Waals surface area contributed by atoms with E-state index in [0.29, 0.717) is 24.2 Å². The van der Waals surface area contributed by atoms with Crippen molar-refractivity contribution in [1.82, 2.24) is 0 Å². The number of epoxide rings is 1. The number of ketones is 1. The van der Waals surface area contributed by atoms with E-state index in [1.807, 2.05) is 0 Å². The third-order valence-corrected chi connectivity index (χ3v) is 5.48. The Morgan fingerprint density at radius 1 is 1.41 bits per heavy atom. The average Bonchev–Trinajstić information content (AvgIpc) is 2.92. The molecule has 1 heterocycles. The lowest BCUT2D eigenvalue weighted by atomic mass is 9.52. The first-order valence-electron chi connectivity index (χ1n) is 6.80. The van der Waals surface area contributed by atoms with E-state index in [0.717, 1.165) is 25.7 Å². The van der Waals surface area contributed by atoms with Gasteiger partial charge in [0.1, 0.15) is 5.78 Å². The fourth-order valence-electron chi connectivity index (χ4n) is 3.97. The first-order valence-corrected chi connectivity index (χ1v) is 6.80. The summed E-state index contributed by atoms with van der Waals surface area (Å²) in [4.78, 5) is 12.1. The molecule has 3 rings (SSSR count). The summed E-state index contributed by atoms with van der Waals surface area (Å²) in [6.07, 6.45) is 4.83. The number of hydrogen-bond acceptors (Lipinski definition) is 3. The van der Waals surface area contributed by atoms with Crippen molar-refractivity contribution in [2.75, 3.05) is 6.61 Å². The maximum Gasteiger partial charge on any atom is 0.136 e. The van der Waals surface area contributed by atoms with Crippen molar-refractivity contribution in [3.8, 4) is 0 Å². The first kappa shape index (κ1) is 11.7. The van der Waals surface area contributed by atoms with Gasteiger partial charge in [0.05, 0.1) is 11.7 Å². The Labute approximate surface area is 103 Å². The Hall–Kier alpha value is -0.410. The van der Waals surface area contributed by atoms with E-state index in [-0.39, 0.29) is 23.5 Å². The lowest BCUT2D eigenvalue weighted by Crippen LogP contribution is -2.51. The number of rotatable bonds is 1. The zero-order valence-corrected chi connectivity index (χ0v) is 10.7. The van der Waals surface area contributed by atoms with Gasteiger partial charge in [-0.1, -0.05) is 6.92 Å². The van der Waals surface area contributed by atoms with Gasteiger partial charge in [0.2, 0.25) is 0 Å². The molecular formula is C14H22O3. The van der Waals surface area contributed by atoms with Crippen LogP contribution in [0, 0.1) is 17.3 Å². The second-order valence-electron chi connectivity index (χ2n) is 6.69. The average molecular weight is 238 g/mol. The minimum absolute atomic E-state index is 0.0224. The molecule has 1 aliphatic heterocycles. The number of aliphatic hydroxyl groups is 1. The predicted molar refractivity (Wildman–Crippen MR) is 63.5 cm³/mol. The summed E-state index contributed by atoms with van der Waals surface area (Å²) in [5.74, 6) is 0.994. The van der Waals surface area contributed by atoms with Crippen molar-refractivity contribution in [1.29, 1.82) is 0 Å². The van der Waals surface area contributed by atoms with E-state index in [1.54, 1.807) is 0 Å². The minimum Gasteiger partial charge on any atom is -0.396 e. The van der Waals surface area contributed by atoms with Crippen molar-refractivity contribution < 1.29 is 14.6 Å².